The molecule has 1 aromatic carbocycles. The van der Waals surface area contributed by atoms with Gasteiger partial charge in [0.05, 0.1) is 12.3 Å². The van der Waals surface area contributed by atoms with Crippen LogP contribution < -0.4 is 5.56 Å². The summed E-state index contributed by atoms with van der Waals surface area (Å²) < 4.78 is 5.01. The van der Waals surface area contributed by atoms with Crippen LogP contribution in [0.4, 0.5) is 0 Å². The summed E-state index contributed by atoms with van der Waals surface area (Å²) in [5.74, 6) is 0.593. The van der Waals surface area contributed by atoms with Gasteiger partial charge in [0.15, 0.2) is 0 Å². The summed E-state index contributed by atoms with van der Waals surface area (Å²) in [6, 6.07) is 7.41. The van der Waals surface area contributed by atoms with E-state index in [9.17, 15) is 4.79 Å². The lowest BCUT2D eigenvalue weighted by Crippen LogP contribution is -2.11. The van der Waals surface area contributed by atoms with E-state index in [0.29, 0.717) is 18.1 Å². The van der Waals surface area contributed by atoms with E-state index in [1.807, 2.05) is 32.0 Å². The van der Waals surface area contributed by atoms with E-state index in [-0.39, 0.29) is 5.56 Å². The second-order valence-corrected chi connectivity index (χ2v) is 4.27. The van der Waals surface area contributed by atoms with Crippen molar-refractivity contribution in [3.63, 3.8) is 0 Å². The minimum Gasteiger partial charge on any atom is -0.378 e. The number of benzene rings is 1. The molecule has 0 amide bonds. The molecule has 0 atom stereocenters. The number of methoxy groups -OCH3 is 1. The Balaban J connectivity index is 2.56. The number of H-pyrrole nitrogens is 1. The van der Waals surface area contributed by atoms with Crippen LogP contribution >= 0.6 is 0 Å². The summed E-state index contributed by atoms with van der Waals surface area (Å²) in [7, 11) is 1.58. The lowest BCUT2D eigenvalue weighted by Gasteiger charge is -2.08. The van der Waals surface area contributed by atoms with Crippen LogP contribution in [0.2, 0.25) is 0 Å². The van der Waals surface area contributed by atoms with Crippen LogP contribution in [-0.4, -0.2) is 17.1 Å². The molecule has 1 aromatic heterocycles. The Kier molecular flexibility index (Phi) is 3.58. The van der Waals surface area contributed by atoms with E-state index in [1.54, 1.807) is 7.11 Å². The molecule has 4 heteroatoms. The molecule has 18 heavy (non-hydrogen) atoms. The summed E-state index contributed by atoms with van der Waals surface area (Å²) in [5, 5.41) is 0. The smallest absolute Gasteiger partial charge is 0.251 e. The highest BCUT2D eigenvalue weighted by Crippen LogP contribution is 2.21. The summed E-state index contributed by atoms with van der Waals surface area (Å²) in [4.78, 5) is 18.8. The number of hydrogen-bond donors (Lipinski definition) is 1. The first-order valence-corrected chi connectivity index (χ1v) is 5.77. The van der Waals surface area contributed by atoms with E-state index in [4.69, 9.17) is 4.74 Å². The average molecular weight is 244 g/mol. The highest BCUT2D eigenvalue weighted by atomic mass is 16.5. The van der Waals surface area contributed by atoms with Gasteiger partial charge in [-0.05, 0) is 25.0 Å². The molecule has 94 valence electrons. The number of aromatic amines is 1. The van der Waals surface area contributed by atoms with Crippen molar-refractivity contribution in [1.29, 1.82) is 0 Å². The second kappa shape index (κ2) is 5.14. The largest absolute Gasteiger partial charge is 0.378 e. The Morgan fingerprint density at radius 1 is 1.33 bits per heavy atom. The molecule has 0 aliphatic carbocycles. The summed E-state index contributed by atoms with van der Waals surface area (Å²) in [6.07, 6.45) is 0. The highest BCUT2D eigenvalue weighted by molar-refractivity contribution is 5.61. The van der Waals surface area contributed by atoms with Crippen molar-refractivity contribution in [1.82, 2.24) is 9.97 Å². The van der Waals surface area contributed by atoms with Crippen LogP contribution in [-0.2, 0) is 11.3 Å². The molecule has 1 N–H and O–H groups in total. The van der Waals surface area contributed by atoms with Gasteiger partial charge in [-0.25, -0.2) is 4.98 Å². The topological polar surface area (TPSA) is 55.0 Å². The van der Waals surface area contributed by atoms with Crippen molar-refractivity contribution in [2.45, 2.75) is 20.5 Å². The van der Waals surface area contributed by atoms with Gasteiger partial charge in [-0.3, -0.25) is 4.79 Å². The second-order valence-electron chi connectivity index (χ2n) is 4.27. The zero-order valence-electron chi connectivity index (χ0n) is 10.8. The Hall–Kier alpha value is -1.94. The first kappa shape index (κ1) is 12.5. The molecular formula is C14H16N2O2. The van der Waals surface area contributed by atoms with Crippen molar-refractivity contribution >= 4 is 0 Å². The van der Waals surface area contributed by atoms with Gasteiger partial charge in [-0.2, -0.15) is 0 Å². The fourth-order valence-corrected chi connectivity index (χ4v) is 1.86. The molecule has 0 aliphatic heterocycles. The molecule has 0 unspecified atom stereocenters. The first-order valence-electron chi connectivity index (χ1n) is 5.77. The van der Waals surface area contributed by atoms with Crippen molar-refractivity contribution in [2.75, 3.05) is 7.11 Å². The lowest BCUT2D eigenvalue weighted by atomic mass is 10.0. The van der Waals surface area contributed by atoms with Gasteiger partial charge in [-0.15, -0.1) is 0 Å². The molecule has 1 heterocycles. The summed E-state index contributed by atoms with van der Waals surface area (Å²) in [6.45, 7) is 4.39. The van der Waals surface area contributed by atoms with Gasteiger partial charge in [0, 0.05) is 18.7 Å². The van der Waals surface area contributed by atoms with Gasteiger partial charge in [0.1, 0.15) is 5.82 Å². The monoisotopic (exact) mass is 244 g/mol. The number of nitrogens with zero attached hydrogens (tertiary/aromatic N) is 1. The van der Waals surface area contributed by atoms with E-state index in [0.717, 1.165) is 11.1 Å². The summed E-state index contributed by atoms with van der Waals surface area (Å²) in [5.41, 5.74) is 3.72. The third-order valence-electron chi connectivity index (χ3n) is 2.95. The van der Waals surface area contributed by atoms with E-state index >= 15 is 0 Å². The summed E-state index contributed by atoms with van der Waals surface area (Å²) >= 11 is 0. The molecular weight excluding hydrogens is 228 g/mol. The minimum absolute atomic E-state index is 0.159. The Morgan fingerprint density at radius 2 is 2.11 bits per heavy atom. The zero-order chi connectivity index (χ0) is 13.1. The molecule has 0 spiro atoms. The van der Waals surface area contributed by atoms with Gasteiger partial charge in [0.2, 0.25) is 0 Å². The van der Waals surface area contributed by atoms with Crippen LogP contribution in [0, 0.1) is 13.8 Å². The molecule has 0 saturated heterocycles. The molecule has 0 radical (unpaired) electrons. The Labute approximate surface area is 106 Å². The number of hydrogen-bond acceptors (Lipinski definition) is 3. The van der Waals surface area contributed by atoms with Crippen LogP contribution in [0.15, 0.2) is 29.1 Å². The molecule has 2 rings (SSSR count). The highest BCUT2D eigenvalue weighted by Gasteiger charge is 2.07. The SMILES string of the molecule is COCc1cc(=O)[nH]c(-c2cccc(C)c2C)n1. The van der Waals surface area contributed by atoms with E-state index in [1.165, 1.54) is 11.6 Å². The normalized spacial score (nSPS) is 10.6. The quantitative estimate of drug-likeness (QED) is 0.900. The number of ether oxygens (including phenoxy) is 1. The molecule has 0 aliphatic rings. The van der Waals surface area contributed by atoms with Gasteiger partial charge >= 0.3 is 0 Å². The van der Waals surface area contributed by atoms with Gasteiger partial charge < -0.3 is 9.72 Å². The van der Waals surface area contributed by atoms with E-state index < -0.39 is 0 Å². The average Bonchev–Trinajstić information content (AvgIpc) is 2.32. The minimum atomic E-state index is -0.159. The molecule has 2 aromatic rings. The fraction of sp³-hybridized carbons (Fsp3) is 0.286. The Bertz CT molecular complexity index is 617. The van der Waals surface area contributed by atoms with Crippen molar-refractivity contribution in [3.05, 3.63) is 51.4 Å². The molecule has 4 nitrogen and oxygen atoms in total. The number of aryl methyl sites for hydroxylation is 1. The van der Waals surface area contributed by atoms with E-state index in [2.05, 4.69) is 9.97 Å². The van der Waals surface area contributed by atoms with Crippen LogP contribution in [0.25, 0.3) is 11.4 Å². The van der Waals surface area contributed by atoms with Crippen LogP contribution in [0.5, 0.6) is 0 Å². The van der Waals surface area contributed by atoms with Crippen molar-refractivity contribution in [3.8, 4) is 11.4 Å². The molecule has 0 saturated carbocycles. The standard InChI is InChI=1S/C14H16N2O2/c1-9-5-4-6-12(10(9)2)14-15-11(8-18-3)7-13(17)16-14/h4-7H,8H2,1-3H3,(H,15,16,17). The Morgan fingerprint density at radius 3 is 2.83 bits per heavy atom. The fourth-order valence-electron chi connectivity index (χ4n) is 1.86. The maximum absolute atomic E-state index is 11.6. The predicted molar refractivity (Wildman–Crippen MR) is 70.5 cm³/mol. The van der Waals surface area contributed by atoms with Crippen LogP contribution in [0.1, 0.15) is 16.8 Å². The molecule has 0 fully saturated rings. The predicted octanol–water partition coefficient (Wildman–Crippen LogP) is 2.20. The van der Waals surface area contributed by atoms with Gasteiger partial charge in [0.25, 0.3) is 5.56 Å². The van der Waals surface area contributed by atoms with Crippen LogP contribution in [0.3, 0.4) is 0 Å². The van der Waals surface area contributed by atoms with Crippen molar-refractivity contribution in [2.24, 2.45) is 0 Å². The maximum Gasteiger partial charge on any atom is 0.251 e. The maximum atomic E-state index is 11.6. The third kappa shape index (κ3) is 2.49. The lowest BCUT2D eigenvalue weighted by molar-refractivity contribution is 0.181. The first-order chi connectivity index (χ1) is 8.61. The number of nitrogens with one attached hydrogen (secondary N) is 1. The van der Waals surface area contributed by atoms with Gasteiger partial charge in [-0.1, -0.05) is 18.2 Å². The van der Waals surface area contributed by atoms with Crippen molar-refractivity contribution < 1.29 is 4.74 Å². The number of aromatic nitrogens is 2. The zero-order valence-corrected chi connectivity index (χ0v) is 10.8. The molecule has 0 bridgehead atoms. The number of rotatable bonds is 3. The third-order valence-corrected chi connectivity index (χ3v) is 2.95.